The second kappa shape index (κ2) is 10.4. The van der Waals surface area contributed by atoms with Crippen molar-refractivity contribution in [2.45, 2.75) is 46.0 Å². The molecule has 0 bridgehead atoms. The summed E-state index contributed by atoms with van der Waals surface area (Å²) in [6, 6.07) is 14.4. The quantitative estimate of drug-likeness (QED) is 0.370. The van der Waals surface area contributed by atoms with Crippen LogP contribution in [0.3, 0.4) is 0 Å². The van der Waals surface area contributed by atoms with E-state index >= 15 is 0 Å². The maximum atomic E-state index is 5.65. The largest absolute Gasteiger partial charge is 0.494 e. The molecule has 4 rings (SSSR count). The van der Waals surface area contributed by atoms with Gasteiger partial charge in [-0.2, -0.15) is 0 Å². The van der Waals surface area contributed by atoms with Gasteiger partial charge in [-0.05, 0) is 112 Å². The van der Waals surface area contributed by atoms with Crippen LogP contribution in [0.5, 0.6) is 5.75 Å². The summed E-state index contributed by atoms with van der Waals surface area (Å²) in [5.74, 6) is 1.49. The van der Waals surface area contributed by atoms with E-state index in [1.54, 1.807) is 0 Å². The number of rotatable bonds is 7. The molecule has 0 radical (unpaired) electrons. The van der Waals surface area contributed by atoms with Crippen LogP contribution in [-0.4, -0.2) is 41.2 Å². The van der Waals surface area contributed by atoms with Gasteiger partial charge in [0.1, 0.15) is 5.75 Å². The highest BCUT2D eigenvalue weighted by Crippen LogP contribution is 2.36. The molecule has 3 aromatic rings. The van der Waals surface area contributed by atoms with E-state index in [0.29, 0.717) is 11.0 Å². The molecule has 1 aliphatic rings. The van der Waals surface area contributed by atoms with Crippen molar-refractivity contribution >= 4 is 39.6 Å². The summed E-state index contributed by atoms with van der Waals surface area (Å²) in [6.07, 6.45) is 3.44. The molecule has 0 spiro atoms. The first-order valence-corrected chi connectivity index (χ1v) is 12.1. The number of fused-ring (bicyclic) bond motifs is 1. The Labute approximate surface area is 196 Å². The number of hydrogen-bond donors (Lipinski definition) is 3. The molecule has 6 heteroatoms. The average Bonchev–Trinajstić information content (AvgIpc) is 3.13. The minimum absolute atomic E-state index is 0.580. The molecule has 2 aromatic carbocycles. The number of aromatic amines is 1. The third-order valence-corrected chi connectivity index (χ3v) is 6.53. The summed E-state index contributed by atoms with van der Waals surface area (Å²) in [4.78, 5) is 6.13. The molecule has 5 nitrogen and oxygen atoms in total. The monoisotopic (exact) mass is 450 g/mol. The highest BCUT2D eigenvalue weighted by molar-refractivity contribution is 7.80. The average molecular weight is 451 g/mol. The van der Waals surface area contributed by atoms with E-state index in [1.807, 2.05) is 24.3 Å². The van der Waals surface area contributed by atoms with Gasteiger partial charge < -0.3 is 25.3 Å². The molecule has 0 amide bonds. The molecular weight excluding hydrogens is 416 g/mol. The predicted molar refractivity (Wildman–Crippen MR) is 139 cm³/mol. The van der Waals surface area contributed by atoms with Crippen molar-refractivity contribution in [2.24, 2.45) is 0 Å². The number of aromatic nitrogens is 1. The number of benzene rings is 2. The molecule has 0 saturated carbocycles. The number of aryl methyl sites for hydroxylation is 1. The molecule has 1 saturated heterocycles. The number of nitrogens with zero attached hydrogens (tertiary/aromatic N) is 1. The van der Waals surface area contributed by atoms with Crippen molar-refractivity contribution in [3.8, 4) is 5.75 Å². The normalized spacial score (nSPS) is 15.1. The number of likely N-dealkylation sites (tertiary alicyclic amines) is 1. The number of piperidine rings is 1. The van der Waals surface area contributed by atoms with Crippen LogP contribution in [0.1, 0.15) is 50.3 Å². The SMILES string of the molecule is CCCOc1ccc(NC(=S)Nc2ccc3[nH]c(C)c(C4CCN(CC)CC4)c3c2)cc1. The van der Waals surface area contributed by atoms with E-state index < -0.39 is 0 Å². The topological polar surface area (TPSA) is 52.3 Å². The van der Waals surface area contributed by atoms with Crippen LogP contribution in [0.15, 0.2) is 42.5 Å². The lowest BCUT2D eigenvalue weighted by molar-refractivity contribution is 0.222. The van der Waals surface area contributed by atoms with Crippen LogP contribution >= 0.6 is 12.2 Å². The molecule has 170 valence electrons. The number of ether oxygens (including phenoxy) is 1. The van der Waals surface area contributed by atoms with Gasteiger partial charge in [-0.3, -0.25) is 0 Å². The third-order valence-electron chi connectivity index (χ3n) is 6.32. The van der Waals surface area contributed by atoms with Crippen LogP contribution in [0.2, 0.25) is 0 Å². The van der Waals surface area contributed by atoms with Crippen molar-refractivity contribution in [2.75, 3.05) is 36.9 Å². The molecule has 1 fully saturated rings. The molecule has 1 aromatic heterocycles. The second-order valence-corrected chi connectivity index (χ2v) is 8.99. The Hall–Kier alpha value is -2.57. The van der Waals surface area contributed by atoms with E-state index in [2.05, 4.69) is 59.5 Å². The zero-order valence-corrected chi connectivity index (χ0v) is 20.1. The van der Waals surface area contributed by atoms with Crippen LogP contribution in [0.4, 0.5) is 11.4 Å². The van der Waals surface area contributed by atoms with Gasteiger partial charge in [0.25, 0.3) is 0 Å². The number of H-pyrrole nitrogens is 1. The number of hydrogen-bond acceptors (Lipinski definition) is 3. The first-order chi connectivity index (χ1) is 15.6. The van der Waals surface area contributed by atoms with E-state index in [1.165, 1.54) is 48.1 Å². The Morgan fingerprint density at radius 3 is 2.44 bits per heavy atom. The van der Waals surface area contributed by atoms with Gasteiger partial charge in [0.15, 0.2) is 5.11 Å². The summed E-state index contributed by atoms with van der Waals surface area (Å²) < 4.78 is 5.65. The Morgan fingerprint density at radius 2 is 1.75 bits per heavy atom. The van der Waals surface area contributed by atoms with Gasteiger partial charge in [-0.15, -0.1) is 0 Å². The minimum Gasteiger partial charge on any atom is -0.494 e. The lowest BCUT2D eigenvalue weighted by atomic mass is 9.87. The Balaban J connectivity index is 1.45. The second-order valence-electron chi connectivity index (χ2n) is 8.58. The van der Waals surface area contributed by atoms with E-state index in [4.69, 9.17) is 17.0 Å². The highest BCUT2D eigenvalue weighted by atomic mass is 32.1. The molecule has 3 N–H and O–H groups in total. The van der Waals surface area contributed by atoms with Crippen LogP contribution in [0, 0.1) is 6.92 Å². The number of thiocarbonyl (C=S) groups is 1. The standard InChI is InChI=1S/C26H34N4OS/c1-4-16-31-22-9-6-20(7-10-22)28-26(32)29-21-8-11-24-23(17-21)25(18(3)27-24)19-12-14-30(5-2)15-13-19/h6-11,17,19,27H,4-5,12-16H2,1-3H3,(H2,28,29,32). The zero-order valence-electron chi connectivity index (χ0n) is 19.3. The Kier molecular flexibility index (Phi) is 7.33. The van der Waals surface area contributed by atoms with E-state index in [-0.39, 0.29) is 0 Å². The van der Waals surface area contributed by atoms with Crippen molar-refractivity contribution in [1.29, 1.82) is 0 Å². The lowest BCUT2D eigenvalue weighted by Crippen LogP contribution is -2.32. The van der Waals surface area contributed by atoms with E-state index in [9.17, 15) is 0 Å². The molecule has 0 atom stereocenters. The Morgan fingerprint density at radius 1 is 1.06 bits per heavy atom. The van der Waals surface area contributed by atoms with Gasteiger partial charge in [0, 0.05) is 28.0 Å². The van der Waals surface area contributed by atoms with Gasteiger partial charge in [0.2, 0.25) is 0 Å². The van der Waals surface area contributed by atoms with Crippen molar-refractivity contribution < 1.29 is 4.74 Å². The summed E-state index contributed by atoms with van der Waals surface area (Å²) in [6.45, 7) is 10.8. The Bertz CT molecular complexity index is 1050. The smallest absolute Gasteiger partial charge is 0.175 e. The third kappa shape index (κ3) is 5.25. The van der Waals surface area contributed by atoms with Crippen molar-refractivity contribution in [1.82, 2.24) is 9.88 Å². The minimum atomic E-state index is 0.580. The number of nitrogens with one attached hydrogen (secondary N) is 3. The number of anilines is 2. The molecule has 0 aliphatic carbocycles. The van der Waals surface area contributed by atoms with Gasteiger partial charge in [0.05, 0.1) is 6.61 Å². The van der Waals surface area contributed by atoms with Crippen LogP contribution in [0.25, 0.3) is 10.9 Å². The fourth-order valence-corrected chi connectivity index (χ4v) is 4.87. The fraction of sp³-hybridized carbons (Fsp3) is 0.423. The maximum absolute atomic E-state index is 5.65. The lowest BCUT2D eigenvalue weighted by Gasteiger charge is -2.31. The molecule has 1 aliphatic heterocycles. The van der Waals surface area contributed by atoms with Gasteiger partial charge >= 0.3 is 0 Å². The molecule has 2 heterocycles. The highest BCUT2D eigenvalue weighted by Gasteiger charge is 2.24. The molecule has 0 unspecified atom stereocenters. The van der Waals surface area contributed by atoms with Crippen molar-refractivity contribution in [3.63, 3.8) is 0 Å². The van der Waals surface area contributed by atoms with Gasteiger partial charge in [-0.1, -0.05) is 13.8 Å². The fourth-order valence-electron chi connectivity index (χ4n) is 4.64. The zero-order chi connectivity index (χ0) is 22.5. The first-order valence-electron chi connectivity index (χ1n) is 11.7. The summed E-state index contributed by atoms with van der Waals surface area (Å²) in [7, 11) is 0. The summed E-state index contributed by atoms with van der Waals surface area (Å²) in [5.41, 5.74) is 5.90. The van der Waals surface area contributed by atoms with E-state index in [0.717, 1.165) is 36.7 Å². The summed E-state index contributed by atoms with van der Waals surface area (Å²) >= 11 is 5.57. The van der Waals surface area contributed by atoms with Crippen LogP contribution < -0.4 is 15.4 Å². The van der Waals surface area contributed by atoms with Crippen molar-refractivity contribution in [3.05, 3.63) is 53.7 Å². The predicted octanol–water partition coefficient (Wildman–Crippen LogP) is 6.27. The van der Waals surface area contributed by atoms with Crippen LogP contribution in [-0.2, 0) is 0 Å². The first kappa shape index (κ1) is 22.6. The molecular formula is C26H34N4OS. The maximum Gasteiger partial charge on any atom is 0.175 e. The molecule has 32 heavy (non-hydrogen) atoms. The summed E-state index contributed by atoms with van der Waals surface area (Å²) in [5, 5.41) is 8.51. The van der Waals surface area contributed by atoms with Gasteiger partial charge in [-0.25, -0.2) is 0 Å².